The molecule has 2 N–H and O–H groups in total. The van der Waals surface area contributed by atoms with Crippen LogP contribution in [0.1, 0.15) is 23.5 Å². The molecule has 1 unspecified atom stereocenters. The van der Waals surface area contributed by atoms with E-state index in [1.54, 1.807) is 18.7 Å². The summed E-state index contributed by atoms with van der Waals surface area (Å²) in [6.07, 6.45) is 0.295. The van der Waals surface area contributed by atoms with Gasteiger partial charge in [-0.25, -0.2) is 18.3 Å². The second kappa shape index (κ2) is 13.8. The fourth-order valence-electron chi connectivity index (χ4n) is 4.69. The number of anilines is 1. The van der Waals surface area contributed by atoms with Crippen molar-refractivity contribution in [1.29, 1.82) is 0 Å². The molecular weight excluding hydrogens is 544 g/mol. The molecule has 0 radical (unpaired) electrons. The number of methoxy groups -OCH3 is 1. The topological polar surface area (TPSA) is 121 Å². The number of hydrogen-bond donors (Lipinski definition) is 2. The lowest BCUT2D eigenvalue weighted by Crippen LogP contribution is -2.42. The van der Waals surface area contributed by atoms with Crippen LogP contribution in [-0.4, -0.2) is 81.2 Å². The molecule has 2 heterocycles. The van der Waals surface area contributed by atoms with Crippen LogP contribution in [0.3, 0.4) is 0 Å². The van der Waals surface area contributed by atoms with Gasteiger partial charge >= 0.3 is 6.03 Å². The summed E-state index contributed by atoms with van der Waals surface area (Å²) < 4.78 is 61.8. The zero-order valence-corrected chi connectivity index (χ0v) is 23.1. The summed E-state index contributed by atoms with van der Waals surface area (Å²) in [6, 6.07) is 12.1. The Kier molecular flexibility index (Phi) is 10.2. The van der Waals surface area contributed by atoms with Gasteiger partial charge in [0.15, 0.2) is 11.6 Å². The lowest BCUT2D eigenvalue weighted by atomic mass is 9.94. The van der Waals surface area contributed by atoms with Gasteiger partial charge in [0.05, 0.1) is 30.5 Å². The number of rotatable bonds is 12. The van der Waals surface area contributed by atoms with E-state index in [9.17, 15) is 22.3 Å². The van der Waals surface area contributed by atoms with Crippen molar-refractivity contribution in [3.63, 3.8) is 0 Å². The van der Waals surface area contributed by atoms with E-state index in [1.165, 1.54) is 12.1 Å². The van der Waals surface area contributed by atoms with Gasteiger partial charge in [0, 0.05) is 38.4 Å². The van der Waals surface area contributed by atoms with Crippen molar-refractivity contribution >= 4 is 22.9 Å². The van der Waals surface area contributed by atoms with E-state index >= 15 is 0 Å². The van der Waals surface area contributed by atoms with Crippen molar-refractivity contribution in [2.45, 2.75) is 25.3 Å². The summed E-state index contributed by atoms with van der Waals surface area (Å²) in [6.45, 7) is 4.03. The molecule has 1 aliphatic rings. The molecule has 1 aromatic heterocycles. The van der Waals surface area contributed by atoms with Crippen molar-refractivity contribution in [2.24, 2.45) is 0 Å². The molecule has 40 heavy (non-hydrogen) atoms. The third kappa shape index (κ3) is 7.42. The van der Waals surface area contributed by atoms with Gasteiger partial charge in [0.1, 0.15) is 5.82 Å². The van der Waals surface area contributed by atoms with Gasteiger partial charge in [0.25, 0.3) is 0 Å². The minimum atomic E-state index is -2.16. The number of carbonyl (C=O) groups excluding carboxylic acids is 1. The third-order valence-electron chi connectivity index (χ3n) is 6.70. The van der Waals surface area contributed by atoms with Gasteiger partial charge < -0.3 is 19.3 Å². The van der Waals surface area contributed by atoms with Gasteiger partial charge in [0.2, 0.25) is 5.88 Å². The molecular formula is C27H32F2N5O5S-. The average molecular weight is 577 g/mol. The molecule has 0 aliphatic carbocycles. The Morgan fingerprint density at radius 1 is 1.15 bits per heavy atom. The number of benzene rings is 2. The number of para-hydroxylation sites is 1. The van der Waals surface area contributed by atoms with Crippen molar-refractivity contribution < 1.29 is 31.8 Å². The molecule has 0 spiro atoms. The van der Waals surface area contributed by atoms with E-state index in [1.807, 2.05) is 30.3 Å². The molecule has 4 rings (SSSR count). The SMILES string of the molecule is COCCN1C[C@@H](NC(=O)Nc2c(C)c(OCCCS(=O)[O-])nn2-c2ccccc2)[C@H](c2ccc(F)c(F)c2)C1. The van der Waals surface area contributed by atoms with Crippen molar-refractivity contribution in [1.82, 2.24) is 20.0 Å². The molecule has 0 saturated carbocycles. The molecule has 3 aromatic rings. The van der Waals surface area contributed by atoms with E-state index in [0.717, 1.165) is 6.07 Å². The minimum absolute atomic E-state index is 0.0339. The predicted molar refractivity (Wildman–Crippen MR) is 146 cm³/mol. The van der Waals surface area contributed by atoms with Crippen LogP contribution in [0, 0.1) is 18.6 Å². The number of aromatic nitrogens is 2. The number of carbonyl (C=O) groups is 1. The molecule has 1 saturated heterocycles. The summed E-state index contributed by atoms with van der Waals surface area (Å²) in [4.78, 5) is 15.4. The summed E-state index contributed by atoms with van der Waals surface area (Å²) in [5.41, 5.74) is 1.83. The van der Waals surface area contributed by atoms with Crippen LogP contribution in [0.25, 0.3) is 5.69 Å². The molecule has 2 amide bonds. The van der Waals surface area contributed by atoms with E-state index in [-0.39, 0.29) is 30.2 Å². The number of nitrogens with zero attached hydrogens (tertiary/aromatic N) is 3. The summed E-state index contributed by atoms with van der Waals surface area (Å²) in [7, 11) is 1.60. The second-order valence-electron chi connectivity index (χ2n) is 9.47. The summed E-state index contributed by atoms with van der Waals surface area (Å²) in [5.74, 6) is -1.53. The first-order valence-electron chi connectivity index (χ1n) is 12.8. The largest absolute Gasteiger partial charge is 0.772 e. The standard InChI is InChI=1S/C27H33F2N5O5S/c1-18-25(34(20-7-4-3-5-8-20)32-26(18)39-12-6-14-40(36)37)31-27(35)30-24-17-33(11-13-38-2)16-21(24)19-9-10-22(28)23(29)15-19/h3-5,7-10,15,21,24H,6,11-14,16-17H2,1-2H3,(H,36,37)(H2,30,31,35)/p-1/t21-,24+/m0/s1. The molecule has 1 fully saturated rings. The van der Waals surface area contributed by atoms with Gasteiger partial charge in [-0.1, -0.05) is 35.3 Å². The number of urea groups is 1. The van der Waals surface area contributed by atoms with Crippen LogP contribution in [0.15, 0.2) is 48.5 Å². The molecule has 13 heteroatoms. The molecule has 10 nitrogen and oxygen atoms in total. The van der Waals surface area contributed by atoms with Crippen LogP contribution >= 0.6 is 0 Å². The number of ether oxygens (including phenoxy) is 2. The van der Waals surface area contributed by atoms with Crippen molar-refractivity contribution in [2.75, 3.05) is 51.0 Å². The molecule has 2 aromatic carbocycles. The Bertz CT molecular complexity index is 1330. The second-order valence-corrected chi connectivity index (χ2v) is 10.5. The highest BCUT2D eigenvalue weighted by Crippen LogP contribution is 2.31. The van der Waals surface area contributed by atoms with Gasteiger partial charge in [-0.2, -0.15) is 0 Å². The summed E-state index contributed by atoms with van der Waals surface area (Å²) >= 11 is -2.16. The maximum Gasteiger partial charge on any atom is 0.320 e. The van der Waals surface area contributed by atoms with E-state index < -0.39 is 28.7 Å². The normalized spacial score (nSPS) is 18.0. The van der Waals surface area contributed by atoms with Crippen LogP contribution in [0.4, 0.5) is 19.4 Å². The zero-order chi connectivity index (χ0) is 28.6. The maximum absolute atomic E-state index is 14.1. The highest BCUT2D eigenvalue weighted by Gasteiger charge is 2.35. The fraction of sp³-hybridized carbons (Fsp3) is 0.407. The first-order valence-corrected chi connectivity index (χ1v) is 14.1. The van der Waals surface area contributed by atoms with E-state index in [0.29, 0.717) is 55.3 Å². The Hall–Kier alpha value is -3.39. The quantitative estimate of drug-likeness (QED) is 0.251. The predicted octanol–water partition coefficient (Wildman–Crippen LogP) is 3.34. The van der Waals surface area contributed by atoms with Crippen molar-refractivity contribution in [3.05, 3.63) is 71.3 Å². The smallest absolute Gasteiger partial charge is 0.320 e. The van der Waals surface area contributed by atoms with Gasteiger partial charge in [-0.05, 0) is 43.2 Å². The van der Waals surface area contributed by atoms with Crippen molar-refractivity contribution in [3.8, 4) is 11.6 Å². The Labute approximate surface area is 233 Å². The highest BCUT2D eigenvalue weighted by molar-refractivity contribution is 7.79. The van der Waals surface area contributed by atoms with Gasteiger partial charge in [-0.3, -0.25) is 14.4 Å². The Morgan fingerprint density at radius 3 is 2.62 bits per heavy atom. The fourth-order valence-corrected chi connectivity index (χ4v) is 5.04. The number of hydrogen-bond acceptors (Lipinski definition) is 7. The molecule has 0 bridgehead atoms. The van der Waals surface area contributed by atoms with E-state index in [4.69, 9.17) is 9.47 Å². The van der Waals surface area contributed by atoms with Crippen LogP contribution < -0.4 is 15.4 Å². The average Bonchev–Trinajstić information content (AvgIpc) is 3.47. The van der Waals surface area contributed by atoms with Crippen LogP contribution in [-0.2, 0) is 15.8 Å². The number of likely N-dealkylation sites (tertiary alicyclic amines) is 1. The zero-order valence-electron chi connectivity index (χ0n) is 22.3. The monoisotopic (exact) mass is 576 g/mol. The highest BCUT2D eigenvalue weighted by atomic mass is 32.2. The lowest BCUT2D eigenvalue weighted by molar-refractivity contribution is 0.159. The van der Waals surface area contributed by atoms with Crippen LogP contribution in [0.2, 0.25) is 0 Å². The number of nitrogens with one attached hydrogen (secondary N) is 2. The summed E-state index contributed by atoms with van der Waals surface area (Å²) in [5, 5.41) is 10.4. The Balaban J connectivity index is 1.54. The third-order valence-corrected chi connectivity index (χ3v) is 7.32. The first-order chi connectivity index (χ1) is 19.3. The van der Waals surface area contributed by atoms with Crippen LogP contribution in [0.5, 0.6) is 5.88 Å². The lowest BCUT2D eigenvalue weighted by Gasteiger charge is -2.21. The minimum Gasteiger partial charge on any atom is -0.772 e. The van der Waals surface area contributed by atoms with Gasteiger partial charge in [-0.15, -0.1) is 5.10 Å². The molecule has 3 atom stereocenters. The first kappa shape index (κ1) is 29.6. The molecule has 216 valence electrons. The van der Waals surface area contributed by atoms with E-state index in [2.05, 4.69) is 20.6 Å². The maximum atomic E-state index is 14.1. The molecule has 1 aliphatic heterocycles. The number of halogens is 2. The Morgan fingerprint density at radius 2 is 1.93 bits per heavy atom. The number of amides is 2.